The van der Waals surface area contributed by atoms with Crippen LogP contribution in [0.15, 0.2) is 72.8 Å². The van der Waals surface area contributed by atoms with Gasteiger partial charge in [0.2, 0.25) is 5.91 Å². The van der Waals surface area contributed by atoms with Crippen molar-refractivity contribution in [3.63, 3.8) is 0 Å². The summed E-state index contributed by atoms with van der Waals surface area (Å²) in [7, 11) is 0. The molecule has 1 amide bonds. The number of hydrogen-bond donors (Lipinski definition) is 1. The first kappa shape index (κ1) is 17.0. The number of carbonyl (C=O) groups excluding carboxylic acids is 1. The summed E-state index contributed by atoms with van der Waals surface area (Å²) in [6.45, 7) is 2.01. The lowest BCUT2D eigenvalue weighted by Gasteiger charge is -2.16. The van der Waals surface area contributed by atoms with Crippen LogP contribution in [0.4, 0.5) is 5.69 Å². The van der Waals surface area contributed by atoms with Gasteiger partial charge in [-0.1, -0.05) is 73.7 Å². The number of amides is 1. The van der Waals surface area contributed by atoms with Crippen LogP contribution in [0.5, 0.6) is 0 Å². The minimum absolute atomic E-state index is 0.0756. The SMILES string of the molecule is C[C@H](Cc1cccc2ccccc12)C(=O)Nc1ccc2c3c(cccc13)CC2. The fourth-order valence-corrected chi connectivity index (χ4v) is 4.50. The Morgan fingerprint density at radius 1 is 0.857 bits per heavy atom. The molecule has 2 nitrogen and oxygen atoms in total. The molecular formula is C26H23NO. The molecule has 0 aliphatic heterocycles. The van der Waals surface area contributed by atoms with Crippen LogP contribution in [0, 0.1) is 5.92 Å². The number of aryl methyl sites for hydroxylation is 2. The monoisotopic (exact) mass is 365 g/mol. The zero-order chi connectivity index (χ0) is 19.1. The second kappa shape index (κ2) is 6.79. The van der Waals surface area contributed by atoms with E-state index < -0.39 is 0 Å². The van der Waals surface area contributed by atoms with Gasteiger partial charge >= 0.3 is 0 Å². The fraction of sp³-hybridized carbons (Fsp3) is 0.192. The first-order valence-corrected chi connectivity index (χ1v) is 10.0. The van der Waals surface area contributed by atoms with Gasteiger partial charge < -0.3 is 5.32 Å². The lowest BCUT2D eigenvalue weighted by atomic mass is 9.95. The molecule has 5 rings (SSSR count). The lowest BCUT2D eigenvalue weighted by Crippen LogP contribution is -2.22. The molecule has 0 unspecified atom stereocenters. The van der Waals surface area contributed by atoms with Crippen LogP contribution in [-0.4, -0.2) is 5.91 Å². The molecule has 0 saturated carbocycles. The van der Waals surface area contributed by atoms with E-state index in [2.05, 4.69) is 78.1 Å². The Balaban J connectivity index is 1.41. The number of fused-ring (bicyclic) bond motifs is 1. The summed E-state index contributed by atoms with van der Waals surface area (Å²) in [4.78, 5) is 13.0. The third-order valence-electron chi connectivity index (χ3n) is 5.99. The summed E-state index contributed by atoms with van der Waals surface area (Å²) < 4.78 is 0. The minimum Gasteiger partial charge on any atom is -0.325 e. The van der Waals surface area contributed by atoms with Crippen LogP contribution in [0.25, 0.3) is 21.5 Å². The van der Waals surface area contributed by atoms with Crippen LogP contribution in [0.2, 0.25) is 0 Å². The Bertz CT molecular complexity index is 1190. The Kier molecular flexibility index (Phi) is 4.12. The maximum Gasteiger partial charge on any atom is 0.227 e. The van der Waals surface area contributed by atoms with Crippen LogP contribution in [0.3, 0.4) is 0 Å². The van der Waals surface area contributed by atoms with E-state index in [1.54, 1.807) is 0 Å². The molecule has 1 atom stereocenters. The van der Waals surface area contributed by atoms with Crippen LogP contribution in [-0.2, 0) is 24.1 Å². The van der Waals surface area contributed by atoms with Crippen molar-refractivity contribution >= 4 is 33.1 Å². The highest BCUT2D eigenvalue weighted by atomic mass is 16.1. The number of hydrogen-bond acceptors (Lipinski definition) is 1. The third-order valence-corrected chi connectivity index (χ3v) is 5.99. The van der Waals surface area contributed by atoms with Gasteiger partial charge in [0.05, 0.1) is 0 Å². The zero-order valence-corrected chi connectivity index (χ0v) is 16.0. The summed E-state index contributed by atoms with van der Waals surface area (Å²) in [5.41, 5.74) is 4.94. The number of anilines is 1. The maximum absolute atomic E-state index is 13.0. The molecule has 1 aliphatic carbocycles. The molecule has 138 valence electrons. The van der Waals surface area contributed by atoms with Gasteiger partial charge in [0.1, 0.15) is 0 Å². The Morgan fingerprint density at radius 3 is 2.46 bits per heavy atom. The normalized spacial score (nSPS) is 13.8. The van der Waals surface area contributed by atoms with Crippen molar-refractivity contribution in [2.24, 2.45) is 5.92 Å². The topological polar surface area (TPSA) is 29.1 Å². The summed E-state index contributed by atoms with van der Waals surface area (Å²) in [5.74, 6) is -0.0273. The van der Waals surface area contributed by atoms with Gasteiger partial charge in [-0.2, -0.15) is 0 Å². The molecule has 1 N–H and O–H groups in total. The van der Waals surface area contributed by atoms with E-state index in [-0.39, 0.29) is 11.8 Å². The van der Waals surface area contributed by atoms with Crippen molar-refractivity contribution < 1.29 is 4.79 Å². The summed E-state index contributed by atoms with van der Waals surface area (Å²) in [6, 6.07) is 25.4. The van der Waals surface area contributed by atoms with Crippen LogP contribution < -0.4 is 5.32 Å². The first-order valence-electron chi connectivity index (χ1n) is 10.0. The zero-order valence-electron chi connectivity index (χ0n) is 16.0. The molecule has 0 bridgehead atoms. The summed E-state index contributed by atoms with van der Waals surface area (Å²) in [6.07, 6.45) is 2.93. The number of carbonyl (C=O) groups is 1. The second-order valence-electron chi connectivity index (χ2n) is 7.84. The van der Waals surface area contributed by atoms with Crippen LogP contribution in [0.1, 0.15) is 23.6 Å². The third kappa shape index (κ3) is 2.86. The molecule has 4 aromatic carbocycles. The summed E-state index contributed by atoms with van der Waals surface area (Å²) >= 11 is 0. The molecule has 0 heterocycles. The Labute approximate surface area is 165 Å². The van der Waals surface area contributed by atoms with Crippen molar-refractivity contribution in [3.8, 4) is 0 Å². The predicted molar refractivity (Wildman–Crippen MR) is 117 cm³/mol. The molecule has 0 aromatic heterocycles. The van der Waals surface area contributed by atoms with E-state index in [9.17, 15) is 4.79 Å². The van der Waals surface area contributed by atoms with Crippen molar-refractivity contribution in [1.82, 2.24) is 0 Å². The van der Waals surface area contributed by atoms with Gasteiger partial charge in [-0.25, -0.2) is 0 Å². The Hall–Kier alpha value is -3.13. The highest BCUT2D eigenvalue weighted by Gasteiger charge is 2.19. The van der Waals surface area contributed by atoms with Crippen molar-refractivity contribution in [2.45, 2.75) is 26.2 Å². The molecule has 0 fully saturated rings. The van der Waals surface area contributed by atoms with Gasteiger partial charge in [-0.15, -0.1) is 0 Å². The molecule has 4 aromatic rings. The lowest BCUT2D eigenvalue weighted by molar-refractivity contribution is -0.119. The average Bonchev–Trinajstić information content (AvgIpc) is 3.15. The molecule has 2 heteroatoms. The molecule has 0 spiro atoms. The molecular weight excluding hydrogens is 342 g/mol. The number of rotatable bonds is 4. The molecule has 1 aliphatic rings. The Morgan fingerprint density at radius 2 is 1.57 bits per heavy atom. The second-order valence-corrected chi connectivity index (χ2v) is 7.84. The highest BCUT2D eigenvalue weighted by Crippen LogP contribution is 2.35. The highest BCUT2D eigenvalue weighted by molar-refractivity contribution is 6.05. The van der Waals surface area contributed by atoms with E-state index in [4.69, 9.17) is 0 Å². The largest absolute Gasteiger partial charge is 0.325 e. The van der Waals surface area contributed by atoms with Gasteiger partial charge in [0.25, 0.3) is 0 Å². The standard InChI is InChI=1S/C26H23NO/c1-17(16-21-9-4-7-18-6-2-3-10-22(18)21)26(28)27-24-15-14-20-13-12-19-8-5-11-23(24)25(19)20/h2-11,14-15,17H,12-13,16H2,1H3,(H,27,28)/t17-/m1/s1. The average molecular weight is 365 g/mol. The minimum atomic E-state index is -0.103. The smallest absolute Gasteiger partial charge is 0.227 e. The van der Waals surface area contributed by atoms with E-state index >= 15 is 0 Å². The van der Waals surface area contributed by atoms with E-state index in [1.807, 2.05) is 6.92 Å². The van der Waals surface area contributed by atoms with E-state index in [1.165, 1.54) is 38.2 Å². The van der Waals surface area contributed by atoms with Gasteiger partial charge in [0.15, 0.2) is 0 Å². The van der Waals surface area contributed by atoms with Gasteiger partial charge in [-0.05, 0) is 58.2 Å². The number of benzene rings is 4. The van der Waals surface area contributed by atoms with E-state index in [0.29, 0.717) is 0 Å². The fourth-order valence-electron chi connectivity index (χ4n) is 4.50. The maximum atomic E-state index is 13.0. The summed E-state index contributed by atoms with van der Waals surface area (Å²) in [5, 5.41) is 8.15. The van der Waals surface area contributed by atoms with Crippen molar-refractivity contribution in [3.05, 3.63) is 89.5 Å². The molecule has 0 radical (unpaired) electrons. The van der Waals surface area contributed by atoms with Gasteiger partial charge in [-0.3, -0.25) is 4.79 Å². The number of nitrogens with one attached hydrogen (secondary N) is 1. The molecule has 28 heavy (non-hydrogen) atoms. The first-order chi connectivity index (χ1) is 13.7. The predicted octanol–water partition coefficient (Wildman–Crippen LogP) is 5.91. The van der Waals surface area contributed by atoms with Crippen molar-refractivity contribution in [1.29, 1.82) is 0 Å². The quantitative estimate of drug-likeness (QED) is 0.479. The van der Waals surface area contributed by atoms with Crippen molar-refractivity contribution in [2.75, 3.05) is 5.32 Å². The van der Waals surface area contributed by atoms with Crippen LogP contribution >= 0.6 is 0 Å². The van der Waals surface area contributed by atoms with E-state index in [0.717, 1.165) is 24.9 Å². The molecule has 0 saturated heterocycles. The van der Waals surface area contributed by atoms with Gasteiger partial charge in [0, 0.05) is 17.0 Å².